The third-order valence-corrected chi connectivity index (χ3v) is 1.97. The monoisotopic (exact) mass is 222 g/mol. The summed E-state index contributed by atoms with van der Waals surface area (Å²) in [7, 11) is 0. The van der Waals surface area contributed by atoms with E-state index in [1.54, 1.807) is 12.1 Å². The molecule has 0 aromatic carbocycles. The topological polar surface area (TPSA) is 88.5 Å². The Labute approximate surface area is 90.8 Å². The van der Waals surface area contributed by atoms with E-state index >= 15 is 0 Å². The van der Waals surface area contributed by atoms with Gasteiger partial charge in [-0.25, -0.2) is 4.79 Å². The SMILES string of the molecule is O=C(O)c1ccc(CNCc2ccon2)o1. The van der Waals surface area contributed by atoms with Gasteiger partial charge in [-0.3, -0.25) is 0 Å². The number of aromatic carboxylic acids is 1. The van der Waals surface area contributed by atoms with Crippen molar-refractivity contribution in [1.29, 1.82) is 0 Å². The average Bonchev–Trinajstić information content (AvgIpc) is 2.87. The largest absolute Gasteiger partial charge is 0.475 e. The molecule has 6 nitrogen and oxygen atoms in total. The lowest BCUT2D eigenvalue weighted by molar-refractivity contribution is 0.0660. The highest BCUT2D eigenvalue weighted by Crippen LogP contribution is 2.07. The van der Waals surface area contributed by atoms with E-state index in [1.165, 1.54) is 12.3 Å². The minimum atomic E-state index is -1.07. The van der Waals surface area contributed by atoms with Gasteiger partial charge < -0.3 is 19.4 Å². The van der Waals surface area contributed by atoms with Gasteiger partial charge in [0.1, 0.15) is 12.0 Å². The van der Waals surface area contributed by atoms with Gasteiger partial charge in [0.2, 0.25) is 5.76 Å². The molecule has 2 aromatic heterocycles. The zero-order valence-electron chi connectivity index (χ0n) is 8.34. The van der Waals surface area contributed by atoms with Crippen LogP contribution in [0, 0.1) is 0 Å². The first kappa shape index (κ1) is 10.4. The fraction of sp³-hybridized carbons (Fsp3) is 0.200. The van der Waals surface area contributed by atoms with Crippen LogP contribution in [0.2, 0.25) is 0 Å². The predicted octanol–water partition coefficient (Wildman–Crippen LogP) is 1.26. The fourth-order valence-electron chi connectivity index (χ4n) is 1.23. The molecule has 84 valence electrons. The van der Waals surface area contributed by atoms with Crippen molar-refractivity contribution in [1.82, 2.24) is 10.5 Å². The van der Waals surface area contributed by atoms with Crippen LogP contribution in [0.5, 0.6) is 0 Å². The number of carboxylic acids is 1. The molecule has 0 aliphatic rings. The van der Waals surface area contributed by atoms with Crippen LogP contribution in [0.25, 0.3) is 0 Å². The molecule has 0 atom stereocenters. The van der Waals surface area contributed by atoms with Crippen molar-refractivity contribution in [3.8, 4) is 0 Å². The predicted molar refractivity (Wildman–Crippen MR) is 52.7 cm³/mol. The van der Waals surface area contributed by atoms with E-state index in [4.69, 9.17) is 9.52 Å². The summed E-state index contributed by atoms with van der Waals surface area (Å²) in [6, 6.07) is 4.80. The van der Waals surface area contributed by atoms with Crippen LogP contribution in [-0.2, 0) is 13.1 Å². The Balaban J connectivity index is 1.83. The van der Waals surface area contributed by atoms with Gasteiger partial charge in [-0.1, -0.05) is 5.16 Å². The van der Waals surface area contributed by atoms with Crippen LogP contribution in [0.1, 0.15) is 22.0 Å². The quantitative estimate of drug-likeness (QED) is 0.791. The highest BCUT2D eigenvalue weighted by atomic mass is 16.5. The number of carboxylic acid groups (broad SMARTS) is 1. The third kappa shape index (κ3) is 2.48. The van der Waals surface area contributed by atoms with Gasteiger partial charge in [0, 0.05) is 12.6 Å². The summed E-state index contributed by atoms with van der Waals surface area (Å²) in [6.07, 6.45) is 1.49. The molecule has 0 amide bonds. The second kappa shape index (κ2) is 4.63. The number of hydrogen-bond donors (Lipinski definition) is 2. The maximum Gasteiger partial charge on any atom is 0.371 e. The van der Waals surface area contributed by atoms with Crippen molar-refractivity contribution in [3.05, 3.63) is 41.7 Å². The zero-order valence-corrected chi connectivity index (χ0v) is 8.34. The molecular weight excluding hydrogens is 212 g/mol. The lowest BCUT2D eigenvalue weighted by Crippen LogP contribution is -2.12. The van der Waals surface area contributed by atoms with Crippen LogP contribution in [0.15, 0.2) is 33.4 Å². The van der Waals surface area contributed by atoms with Gasteiger partial charge in [-0.15, -0.1) is 0 Å². The second-order valence-corrected chi connectivity index (χ2v) is 3.17. The molecule has 0 fully saturated rings. The number of rotatable bonds is 5. The lowest BCUT2D eigenvalue weighted by Gasteiger charge is -1.98. The van der Waals surface area contributed by atoms with E-state index < -0.39 is 5.97 Å². The van der Waals surface area contributed by atoms with E-state index in [0.717, 1.165) is 5.69 Å². The molecule has 2 rings (SSSR count). The Kier molecular flexibility index (Phi) is 3.02. The van der Waals surface area contributed by atoms with E-state index in [0.29, 0.717) is 18.8 Å². The molecular formula is C10H10N2O4. The van der Waals surface area contributed by atoms with Gasteiger partial charge in [0.15, 0.2) is 0 Å². The average molecular weight is 222 g/mol. The first-order chi connectivity index (χ1) is 7.75. The van der Waals surface area contributed by atoms with Crippen molar-refractivity contribution in [2.45, 2.75) is 13.1 Å². The van der Waals surface area contributed by atoms with Gasteiger partial charge in [0.25, 0.3) is 0 Å². The summed E-state index contributed by atoms with van der Waals surface area (Å²) >= 11 is 0. The molecule has 2 aromatic rings. The zero-order chi connectivity index (χ0) is 11.4. The maximum atomic E-state index is 10.5. The van der Waals surface area contributed by atoms with E-state index in [9.17, 15) is 4.79 Å². The number of furan rings is 1. The molecule has 0 radical (unpaired) electrons. The van der Waals surface area contributed by atoms with Crippen LogP contribution in [0.4, 0.5) is 0 Å². The van der Waals surface area contributed by atoms with Crippen LogP contribution < -0.4 is 5.32 Å². The summed E-state index contributed by atoms with van der Waals surface area (Å²) in [5.74, 6) is -0.554. The van der Waals surface area contributed by atoms with Crippen molar-refractivity contribution in [3.63, 3.8) is 0 Å². The number of nitrogens with one attached hydrogen (secondary N) is 1. The molecule has 0 unspecified atom stereocenters. The van der Waals surface area contributed by atoms with Crippen molar-refractivity contribution in [2.75, 3.05) is 0 Å². The van der Waals surface area contributed by atoms with Crippen LogP contribution in [-0.4, -0.2) is 16.2 Å². The maximum absolute atomic E-state index is 10.5. The van der Waals surface area contributed by atoms with E-state index in [2.05, 4.69) is 15.0 Å². The van der Waals surface area contributed by atoms with Gasteiger partial charge in [0.05, 0.1) is 12.2 Å². The Hall–Kier alpha value is -2.08. The third-order valence-electron chi connectivity index (χ3n) is 1.97. The Morgan fingerprint density at radius 2 is 2.25 bits per heavy atom. The van der Waals surface area contributed by atoms with Crippen LogP contribution in [0.3, 0.4) is 0 Å². The minimum Gasteiger partial charge on any atom is -0.475 e. The van der Waals surface area contributed by atoms with Crippen molar-refractivity contribution >= 4 is 5.97 Å². The van der Waals surface area contributed by atoms with Crippen molar-refractivity contribution < 1.29 is 18.8 Å². The molecule has 0 aliphatic heterocycles. The van der Waals surface area contributed by atoms with Gasteiger partial charge >= 0.3 is 5.97 Å². The summed E-state index contributed by atoms with van der Waals surface area (Å²) in [4.78, 5) is 10.5. The molecule has 0 spiro atoms. The number of carbonyl (C=O) groups is 1. The van der Waals surface area contributed by atoms with Crippen LogP contribution >= 0.6 is 0 Å². The van der Waals surface area contributed by atoms with Crippen molar-refractivity contribution in [2.24, 2.45) is 0 Å². The second-order valence-electron chi connectivity index (χ2n) is 3.17. The fourth-order valence-corrected chi connectivity index (χ4v) is 1.23. The molecule has 16 heavy (non-hydrogen) atoms. The summed E-state index contributed by atoms with van der Waals surface area (Å²) in [6.45, 7) is 0.986. The summed E-state index contributed by atoms with van der Waals surface area (Å²) < 4.78 is 9.72. The Bertz CT molecular complexity index is 461. The summed E-state index contributed by atoms with van der Waals surface area (Å²) in [5, 5.41) is 15.4. The first-order valence-corrected chi connectivity index (χ1v) is 4.67. The highest BCUT2D eigenvalue weighted by molar-refractivity contribution is 5.84. The Morgan fingerprint density at radius 1 is 1.38 bits per heavy atom. The normalized spacial score (nSPS) is 10.5. The molecule has 0 saturated heterocycles. The van der Waals surface area contributed by atoms with Gasteiger partial charge in [-0.2, -0.15) is 0 Å². The summed E-state index contributed by atoms with van der Waals surface area (Å²) in [5.41, 5.74) is 0.782. The number of hydrogen-bond acceptors (Lipinski definition) is 5. The molecule has 0 saturated carbocycles. The molecule has 6 heteroatoms. The van der Waals surface area contributed by atoms with E-state index in [1.807, 2.05) is 0 Å². The smallest absolute Gasteiger partial charge is 0.371 e. The molecule has 0 bridgehead atoms. The van der Waals surface area contributed by atoms with Gasteiger partial charge in [-0.05, 0) is 12.1 Å². The number of aromatic nitrogens is 1. The number of nitrogens with zero attached hydrogens (tertiary/aromatic N) is 1. The molecule has 0 aliphatic carbocycles. The standard InChI is InChI=1S/C10H10N2O4/c13-10(14)9-2-1-8(16-9)6-11-5-7-3-4-15-12-7/h1-4,11H,5-6H2,(H,13,14). The molecule has 2 N–H and O–H groups in total. The van der Waals surface area contributed by atoms with E-state index in [-0.39, 0.29) is 5.76 Å². The molecule has 2 heterocycles. The minimum absolute atomic E-state index is 0.0572. The highest BCUT2D eigenvalue weighted by Gasteiger charge is 2.08. The Morgan fingerprint density at radius 3 is 2.88 bits per heavy atom. The first-order valence-electron chi connectivity index (χ1n) is 4.67. The lowest BCUT2D eigenvalue weighted by atomic mass is 10.4.